The molecule has 0 radical (unpaired) electrons. The lowest BCUT2D eigenvalue weighted by molar-refractivity contribution is -0.114. The number of carbonyl (C=O) groups is 2. The number of rotatable bonds is 1. The van der Waals surface area contributed by atoms with E-state index in [-0.39, 0.29) is 11.8 Å². The average Bonchev–Trinajstić information content (AvgIpc) is 3.06. The Labute approximate surface area is 143 Å². The number of nitrogens with one attached hydrogen (secondary N) is 2. The second-order valence-corrected chi connectivity index (χ2v) is 6.13. The van der Waals surface area contributed by atoms with E-state index in [1.807, 2.05) is 18.2 Å². The van der Waals surface area contributed by atoms with Crippen LogP contribution in [0.15, 0.2) is 36.4 Å². The fraction of sp³-hybridized carbons (Fsp3) is 0.111. The number of halogens is 1. The minimum Gasteiger partial charge on any atom is -0.487 e. The second-order valence-electron chi connectivity index (χ2n) is 5.69. The summed E-state index contributed by atoms with van der Waals surface area (Å²) in [6.45, 7) is 1.84. The van der Waals surface area contributed by atoms with Crippen LogP contribution in [-0.4, -0.2) is 11.8 Å². The van der Waals surface area contributed by atoms with Gasteiger partial charge in [-0.05, 0) is 30.3 Å². The normalized spacial score (nSPS) is 17.8. The molecule has 2 N–H and O–H groups in total. The molecule has 120 valence electrons. The van der Waals surface area contributed by atoms with Gasteiger partial charge in [0.1, 0.15) is 12.4 Å². The van der Waals surface area contributed by atoms with Crippen molar-refractivity contribution in [3.05, 3.63) is 58.1 Å². The van der Waals surface area contributed by atoms with Crippen molar-refractivity contribution >= 4 is 46.1 Å². The summed E-state index contributed by atoms with van der Waals surface area (Å²) in [7, 11) is 0. The van der Waals surface area contributed by atoms with Crippen molar-refractivity contribution in [3.8, 4) is 0 Å². The molecule has 6 heteroatoms. The van der Waals surface area contributed by atoms with Crippen LogP contribution in [0.1, 0.15) is 23.6 Å². The van der Waals surface area contributed by atoms with Gasteiger partial charge >= 0.3 is 0 Å². The highest BCUT2D eigenvalue weighted by molar-refractivity contribution is 6.38. The lowest BCUT2D eigenvalue weighted by Gasteiger charge is -2.07. The number of hydrogen-bond acceptors (Lipinski definition) is 3. The second kappa shape index (κ2) is 5.39. The van der Waals surface area contributed by atoms with Crippen LogP contribution in [0.3, 0.4) is 0 Å². The molecule has 0 fully saturated rings. The first-order chi connectivity index (χ1) is 11.5. The monoisotopic (exact) mass is 340 g/mol. The van der Waals surface area contributed by atoms with E-state index < -0.39 is 0 Å². The fourth-order valence-corrected chi connectivity index (χ4v) is 3.17. The minimum absolute atomic E-state index is 0.154. The Morgan fingerprint density at radius 3 is 2.83 bits per heavy atom. The van der Waals surface area contributed by atoms with Gasteiger partial charge in [0.2, 0.25) is 5.91 Å². The quantitative estimate of drug-likeness (QED) is 0.779. The summed E-state index contributed by atoms with van der Waals surface area (Å²) in [5.74, 6) is 0.134. The fourth-order valence-electron chi connectivity index (χ4n) is 2.99. The van der Waals surface area contributed by atoms with Crippen LogP contribution in [0.2, 0.25) is 5.02 Å². The first-order valence-electron chi connectivity index (χ1n) is 7.42. The van der Waals surface area contributed by atoms with Gasteiger partial charge in [0.15, 0.2) is 0 Å². The van der Waals surface area contributed by atoms with Crippen molar-refractivity contribution in [1.82, 2.24) is 0 Å². The molecule has 0 spiro atoms. The molecule has 2 aliphatic rings. The molecule has 0 aromatic heterocycles. The van der Waals surface area contributed by atoms with Crippen LogP contribution in [0, 0.1) is 0 Å². The molecule has 0 aliphatic carbocycles. The van der Waals surface area contributed by atoms with E-state index in [0.717, 1.165) is 16.7 Å². The first-order valence-corrected chi connectivity index (χ1v) is 7.80. The molecular formula is C18H13ClN2O3. The van der Waals surface area contributed by atoms with Crippen LogP contribution < -0.4 is 10.6 Å². The number of ether oxygens (including phenoxy) is 1. The van der Waals surface area contributed by atoms with Gasteiger partial charge in [-0.1, -0.05) is 17.7 Å². The molecule has 2 aliphatic heterocycles. The van der Waals surface area contributed by atoms with E-state index in [9.17, 15) is 9.59 Å². The highest BCUT2D eigenvalue weighted by Crippen LogP contribution is 2.42. The Balaban J connectivity index is 1.88. The van der Waals surface area contributed by atoms with Gasteiger partial charge < -0.3 is 15.4 Å². The molecule has 24 heavy (non-hydrogen) atoms. The molecule has 5 nitrogen and oxygen atoms in total. The van der Waals surface area contributed by atoms with Gasteiger partial charge in [0.25, 0.3) is 5.91 Å². The van der Waals surface area contributed by atoms with E-state index in [1.54, 1.807) is 18.2 Å². The van der Waals surface area contributed by atoms with E-state index in [4.69, 9.17) is 16.3 Å². The van der Waals surface area contributed by atoms with Gasteiger partial charge in [-0.2, -0.15) is 0 Å². The van der Waals surface area contributed by atoms with Crippen LogP contribution >= 0.6 is 11.6 Å². The number of fused-ring (bicyclic) bond motifs is 2. The standard InChI is InChI=1S/C18H13ClN2O3/c1-9(22)20-12-4-2-10-8-24-17(13(10)7-12)16-14-6-11(19)3-5-15(14)21-18(16)23/h2-7H,8H2,1H3,(H,20,22)(H,21,23)/b17-16+. The van der Waals surface area contributed by atoms with Crippen LogP contribution in [-0.2, 0) is 20.9 Å². The number of benzene rings is 2. The summed E-state index contributed by atoms with van der Waals surface area (Å²) < 4.78 is 5.80. The lowest BCUT2D eigenvalue weighted by atomic mass is 10.00. The number of hydrogen-bond donors (Lipinski definition) is 2. The Morgan fingerprint density at radius 2 is 2.04 bits per heavy atom. The van der Waals surface area contributed by atoms with Gasteiger partial charge in [-0.15, -0.1) is 0 Å². The lowest BCUT2D eigenvalue weighted by Crippen LogP contribution is -2.07. The predicted octanol–water partition coefficient (Wildman–Crippen LogP) is 3.65. The molecule has 0 saturated heterocycles. The van der Waals surface area contributed by atoms with E-state index >= 15 is 0 Å². The zero-order valence-corrected chi connectivity index (χ0v) is 13.5. The van der Waals surface area contributed by atoms with Crippen molar-refractivity contribution in [1.29, 1.82) is 0 Å². The number of amides is 2. The molecular weight excluding hydrogens is 328 g/mol. The maximum atomic E-state index is 12.4. The highest BCUT2D eigenvalue weighted by Gasteiger charge is 2.32. The molecule has 0 bridgehead atoms. The van der Waals surface area contributed by atoms with Gasteiger partial charge in [-0.25, -0.2) is 0 Å². The van der Waals surface area contributed by atoms with Crippen molar-refractivity contribution in [2.45, 2.75) is 13.5 Å². The Kier molecular flexibility index (Phi) is 3.32. The van der Waals surface area contributed by atoms with E-state index in [1.165, 1.54) is 6.92 Å². The molecule has 0 unspecified atom stereocenters. The van der Waals surface area contributed by atoms with Gasteiger partial charge in [-0.3, -0.25) is 9.59 Å². The molecule has 0 atom stereocenters. The summed E-state index contributed by atoms with van der Waals surface area (Å²) in [6, 6.07) is 10.8. The summed E-state index contributed by atoms with van der Waals surface area (Å²) in [5, 5.41) is 6.12. The third-order valence-electron chi connectivity index (χ3n) is 4.00. The minimum atomic E-state index is -0.222. The average molecular weight is 341 g/mol. The summed E-state index contributed by atoms with van der Waals surface area (Å²) in [5.41, 5.74) is 4.33. The maximum Gasteiger partial charge on any atom is 0.260 e. The Morgan fingerprint density at radius 1 is 1.21 bits per heavy atom. The van der Waals surface area contributed by atoms with Crippen LogP contribution in [0.5, 0.6) is 0 Å². The molecule has 2 aromatic rings. The van der Waals surface area contributed by atoms with E-state index in [2.05, 4.69) is 10.6 Å². The van der Waals surface area contributed by atoms with Crippen molar-refractivity contribution in [2.75, 3.05) is 10.6 Å². The predicted molar refractivity (Wildman–Crippen MR) is 92.4 cm³/mol. The van der Waals surface area contributed by atoms with Crippen LogP contribution in [0.4, 0.5) is 11.4 Å². The van der Waals surface area contributed by atoms with Gasteiger partial charge in [0.05, 0.1) is 5.57 Å². The molecule has 2 heterocycles. The van der Waals surface area contributed by atoms with Crippen molar-refractivity contribution in [2.24, 2.45) is 0 Å². The summed E-state index contributed by atoms with van der Waals surface area (Å²) in [6.07, 6.45) is 0. The third-order valence-corrected chi connectivity index (χ3v) is 4.24. The van der Waals surface area contributed by atoms with Crippen molar-refractivity contribution < 1.29 is 14.3 Å². The Bertz CT molecular complexity index is 934. The number of anilines is 2. The van der Waals surface area contributed by atoms with Crippen molar-refractivity contribution in [3.63, 3.8) is 0 Å². The topological polar surface area (TPSA) is 67.4 Å². The highest BCUT2D eigenvalue weighted by atomic mass is 35.5. The summed E-state index contributed by atoms with van der Waals surface area (Å²) >= 11 is 6.08. The maximum absolute atomic E-state index is 12.4. The molecule has 2 aromatic carbocycles. The smallest absolute Gasteiger partial charge is 0.260 e. The molecule has 2 amide bonds. The largest absolute Gasteiger partial charge is 0.487 e. The zero-order valence-electron chi connectivity index (χ0n) is 12.8. The van der Waals surface area contributed by atoms with Gasteiger partial charge in [0, 0.05) is 40.0 Å². The first kappa shape index (κ1) is 14.8. The third kappa shape index (κ3) is 2.34. The van der Waals surface area contributed by atoms with E-state index in [0.29, 0.717) is 34.3 Å². The number of carbonyl (C=O) groups excluding carboxylic acids is 2. The molecule has 4 rings (SSSR count). The zero-order chi connectivity index (χ0) is 16.8. The SMILES string of the molecule is CC(=O)Nc1ccc2c(c1)/C(=C1\C(=O)Nc3ccc(Cl)cc31)OC2. The van der Waals surface area contributed by atoms with Crippen LogP contribution in [0.25, 0.3) is 11.3 Å². The molecule has 0 saturated carbocycles. The Hall–Kier alpha value is -2.79. The summed E-state index contributed by atoms with van der Waals surface area (Å²) in [4.78, 5) is 23.7.